The lowest BCUT2D eigenvalue weighted by atomic mass is 9.85. The van der Waals surface area contributed by atoms with Crippen LogP contribution >= 0.6 is 0 Å². The molecule has 3 aliphatic rings. The molecule has 3 atom stereocenters. The van der Waals surface area contributed by atoms with Crippen LogP contribution in [0.1, 0.15) is 64.2 Å². The van der Waals surface area contributed by atoms with Gasteiger partial charge >= 0.3 is 6.18 Å². The molecule has 10 nitrogen and oxygen atoms in total. The minimum absolute atomic E-state index is 0.0209. The van der Waals surface area contributed by atoms with Crippen LogP contribution in [-0.4, -0.2) is 63.3 Å². The molecule has 1 fully saturated rings. The number of ether oxygens (including phenoxy) is 1. The van der Waals surface area contributed by atoms with E-state index in [1.165, 1.54) is 21.6 Å². The quantitative estimate of drug-likeness (QED) is 0.549. The molecule has 0 aliphatic carbocycles. The van der Waals surface area contributed by atoms with Crippen LogP contribution in [-0.2, 0) is 16.1 Å². The van der Waals surface area contributed by atoms with Gasteiger partial charge < -0.3 is 29.5 Å². The average Bonchev–Trinajstić information content (AvgIpc) is 3.26. The van der Waals surface area contributed by atoms with Gasteiger partial charge in [-0.25, -0.2) is 4.39 Å². The Hall–Kier alpha value is -4.10. The number of hydrogen-bond donors (Lipinski definition) is 2. The first kappa shape index (κ1) is 27.5. The summed E-state index contributed by atoms with van der Waals surface area (Å²) in [6.07, 6.45) is -2.99. The van der Waals surface area contributed by atoms with Crippen LogP contribution in [0.3, 0.4) is 0 Å². The van der Waals surface area contributed by atoms with Crippen molar-refractivity contribution in [2.75, 3.05) is 13.2 Å². The summed E-state index contributed by atoms with van der Waals surface area (Å²) < 4.78 is 58.5. The van der Waals surface area contributed by atoms with Gasteiger partial charge in [0.1, 0.15) is 11.4 Å². The van der Waals surface area contributed by atoms with Crippen molar-refractivity contribution in [1.82, 2.24) is 14.8 Å². The van der Waals surface area contributed by atoms with Gasteiger partial charge in [-0.1, -0.05) is 17.3 Å². The van der Waals surface area contributed by atoms with Gasteiger partial charge in [-0.2, -0.15) is 13.2 Å². The number of aryl methyl sites for hydroxylation is 1. The summed E-state index contributed by atoms with van der Waals surface area (Å²) in [7, 11) is 0. The minimum atomic E-state index is -4.59. The number of alkyl halides is 3. The smallest absolute Gasteiger partial charge is 0.422 e. The number of fused-ring (bicyclic) bond motifs is 5. The lowest BCUT2D eigenvalue weighted by Crippen LogP contribution is -2.52. The van der Waals surface area contributed by atoms with E-state index in [9.17, 15) is 37.1 Å². The number of rotatable bonds is 4. The van der Waals surface area contributed by atoms with Gasteiger partial charge in [0.2, 0.25) is 11.3 Å². The molecule has 2 amide bonds. The van der Waals surface area contributed by atoms with Crippen molar-refractivity contribution < 1.29 is 41.8 Å². The second kappa shape index (κ2) is 9.82. The number of carbonyl (C=O) groups excluding carboxylic acids is 2. The Labute approximate surface area is 225 Å². The fourth-order valence-electron chi connectivity index (χ4n) is 5.39. The summed E-state index contributed by atoms with van der Waals surface area (Å²) in [6.45, 7) is 1.68. The molecule has 0 radical (unpaired) electrons. The van der Waals surface area contributed by atoms with Crippen molar-refractivity contribution in [1.29, 1.82) is 0 Å². The van der Waals surface area contributed by atoms with Crippen LogP contribution in [0.15, 0.2) is 34.3 Å². The zero-order valence-electron chi connectivity index (χ0n) is 21.5. The predicted molar refractivity (Wildman–Crippen MR) is 131 cm³/mol. The van der Waals surface area contributed by atoms with E-state index in [1.54, 1.807) is 19.9 Å². The van der Waals surface area contributed by atoms with E-state index in [4.69, 9.17) is 9.57 Å². The lowest BCUT2D eigenvalue weighted by Gasteiger charge is -2.41. The van der Waals surface area contributed by atoms with Crippen LogP contribution in [0.5, 0.6) is 5.75 Å². The van der Waals surface area contributed by atoms with Gasteiger partial charge in [-0.05, 0) is 38.3 Å². The number of amides is 2. The van der Waals surface area contributed by atoms with Crippen molar-refractivity contribution in [3.05, 3.63) is 62.8 Å². The maximum absolute atomic E-state index is 14.2. The SMILES string of the molecule is Cc1ccc(CNC(=O)c2cn3c(c(O)c2=O)C(=O)N2CC3[C@]3(CC[C@@H]2C)CC(OCC(F)(F)F)=NO3)c(F)c1. The molecule has 1 unspecified atom stereocenters. The molecule has 2 bridgehead atoms. The van der Waals surface area contributed by atoms with Crippen LogP contribution in [0.2, 0.25) is 0 Å². The van der Waals surface area contributed by atoms with E-state index in [0.717, 1.165) is 6.20 Å². The van der Waals surface area contributed by atoms with Crippen LogP contribution in [0, 0.1) is 12.7 Å². The second-order valence-corrected chi connectivity index (χ2v) is 10.3. The Morgan fingerprint density at radius 3 is 2.77 bits per heavy atom. The van der Waals surface area contributed by atoms with Crippen LogP contribution in [0.4, 0.5) is 17.6 Å². The molecule has 14 heteroatoms. The number of halogens is 4. The minimum Gasteiger partial charge on any atom is -0.503 e. The van der Waals surface area contributed by atoms with Crippen molar-refractivity contribution in [3.8, 4) is 5.75 Å². The van der Waals surface area contributed by atoms with E-state index in [1.807, 2.05) is 0 Å². The molecule has 3 aliphatic heterocycles. The monoisotopic (exact) mass is 566 g/mol. The summed E-state index contributed by atoms with van der Waals surface area (Å²) >= 11 is 0. The Bertz CT molecular complexity index is 1470. The lowest BCUT2D eigenvalue weighted by molar-refractivity contribution is -0.156. The summed E-state index contributed by atoms with van der Waals surface area (Å²) in [5.41, 5.74) is -2.40. The highest BCUT2D eigenvalue weighted by Crippen LogP contribution is 2.46. The molecule has 2 aromatic rings. The molecule has 214 valence electrons. The highest BCUT2D eigenvalue weighted by atomic mass is 19.4. The van der Waals surface area contributed by atoms with E-state index in [0.29, 0.717) is 12.0 Å². The topological polar surface area (TPSA) is 122 Å². The average molecular weight is 567 g/mol. The summed E-state index contributed by atoms with van der Waals surface area (Å²) in [4.78, 5) is 46.6. The summed E-state index contributed by atoms with van der Waals surface area (Å²) in [5.74, 6) is -3.34. The number of carbonyl (C=O) groups is 2. The fourth-order valence-corrected chi connectivity index (χ4v) is 5.39. The molecule has 2 N–H and O–H groups in total. The van der Waals surface area contributed by atoms with Gasteiger partial charge in [0.15, 0.2) is 23.7 Å². The van der Waals surface area contributed by atoms with Gasteiger partial charge in [0.25, 0.3) is 11.8 Å². The third-order valence-corrected chi connectivity index (χ3v) is 7.58. The largest absolute Gasteiger partial charge is 0.503 e. The molecule has 5 rings (SSSR count). The Balaban J connectivity index is 1.49. The van der Waals surface area contributed by atoms with Crippen molar-refractivity contribution in [2.24, 2.45) is 5.16 Å². The molecular weight excluding hydrogens is 540 g/mol. The van der Waals surface area contributed by atoms with Gasteiger partial charge in [0.05, 0.1) is 12.5 Å². The van der Waals surface area contributed by atoms with E-state index in [2.05, 4.69) is 10.5 Å². The number of aromatic hydroxyl groups is 1. The Kier molecular flexibility index (Phi) is 6.74. The fraction of sp³-hybridized carbons (Fsp3) is 0.462. The van der Waals surface area contributed by atoms with Crippen molar-refractivity contribution >= 4 is 17.7 Å². The maximum atomic E-state index is 14.2. The number of benzene rings is 1. The summed E-state index contributed by atoms with van der Waals surface area (Å²) in [5, 5.41) is 17.0. The van der Waals surface area contributed by atoms with Gasteiger partial charge in [-0.15, -0.1) is 0 Å². The standard InChI is InChI=1S/C26H26F4N4O6/c1-13-3-4-15(17(27)7-13)9-31-23(37)16-10-34-18-11-33(24(38)20(34)22(36)21(16)35)14(2)5-6-25(18)8-19(32-40-25)39-12-26(28,29)30/h3-4,7,10,14,18,36H,5-6,8-9,11-12H2,1-2H3,(H,31,37)/t14-,18?,25-/m0/s1. The van der Waals surface area contributed by atoms with Crippen LogP contribution in [0.25, 0.3) is 0 Å². The number of oxime groups is 1. The first-order chi connectivity index (χ1) is 18.8. The highest BCUT2D eigenvalue weighted by molar-refractivity contribution is 5.99. The number of hydrogen-bond acceptors (Lipinski definition) is 7. The normalized spacial score (nSPS) is 23.8. The highest BCUT2D eigenvalue weighted by Gasteiger charge is 2.55. The number of nitrogens with zero attached hydrogens (tertiary/aromatic N) is 3. The second-order valence-electron chi connectivity index (χ2n) is 10.3. The Morgan fingerprint density at radius 1 is 1.32 bits per heavy atom. The molecule has 40 heavy (non-hydrogen) atoms. The van der Waals surface area contributed by atoms with Crippen LogP contribution < -0.4 is 10.7 Å². The first-order valence-electron chi connectivity index (χ1n) is 12.6. The molecule has 0 saturated carbocycles. The van der Waals surface area contributed by atoms with Crippen molar-refractivity contribution in [2.45, 2.75) is 63.5 Å². The molecule has 4 heterocycles. The third kappa shape index (κ3) is 4.86. The zero-order chi connectivity index (χ0) is 29.0. The molecular formula is C26H26F4N4O6. The Morgan fingerprint density at radius 2 is 2.08 bits per heavy atom. The molecule has 1 saturated heterocycles. The van der Waals surface area contributed by atoms with Gasteiger partial charge in [-0.3, -0.25) is 14.4 Å². The molecule has 1 aromatic carbocycles. The molecule has 1 aromatic heterocycles. The summed E-state index contributed by atoms with van der Waals surface area (Å²) in [6, 6.07) is 3.25. The predicted octanol–water partition coefficient (Wildman–Crippen LogP) is 3.16. The van der Waals surface area contributed by atoms with E-state index in [-0.39, 0.29) is 49.1 Å². The van der Waals surface area contributed by atoms with Crippen molar-refractivity contribution in [3.63, 3.8) is 0 Å². The zero-order valence-corrected chi connectivity index (χ0v) is 21.5. The number of aromatic nitrogens is 1. The molecule has 1 spiro atoms. The maximum Gasteiger partial charge on any atom is 0.422 e. The number of pyridine rings is 1. The van der Waals surface area contributed by atoms with E-state index >= 15 is 0 Å². The number of nitrogens with one attached hydrogen (secondary N) is 1. The van der Waals surface area contributed by atoms with E-state index < -0.39 is 58.8 Å². The third-order valence-electron chi connectivity index (χ3n) is 7.58. The van der Waals surface area contributed by atoms with Gasteiger partial charge in [0, 0.05) is 30.9 Å². The first-order valence-corrected chi connectivity index (χ1v) is 12.6.